The van der Waals surface area contributed by atoms with Gasteiger partial charge in [-0.05, 0) is 18.6 Å². The van der Waals surface area contributed by atoms with Crippen molar-refractivity contribution in [3.63, 3.8) is 0 Å². The number of aromatic nitrogens is 1. The Balaban J connectivity index is 2.92. The molecule has 0 spiro atoms. The van der Waals surface area contributed by atoms with Crippen molar-refractivity contribution in [3.8, 4) is 0 Å². The predicted octanol–water partition coefficient (Wildman–Crippen LogP) is 3.15. The van der Waals surface area contributed by atoms with Crippen molar-refractivity contribution in [2.75, 3.05) is 0 Å². The minimum atomic E-state index is -2.76. The van der Waals surface area contributed by atoms with Gasteiger partial charge in [-0.2, -0.15) is 0 Å². The van der Waals surface area contributed by atoms with E-state index in [1.807, 2.05) is 6.92 Å². The van der Waals surface area contributed by atoms with Crippen LogP contribution < -0.4 is 0 Å². The van der Waals surface area contributed by atoms with E-state index in [2.05, 4.69) is 4.98 Å². The van der Waals surface area contributed by atoms with Gasteiger partial charge in [0.25, 0.3) is 5.92 Å². The highest BCUT2D eigenvalue weighted by Crippen LogP contribution is 2.26. The summed E-state index contributed by atoms with van der Waals surface area (Å²) in [6.07, 6.45) is 3.12. The van der Waals surface area contributed by atoms with Crippen molar-refractivity contribution in [3.05, 3.63) is 29.6 Å². The molecule has 0 aliphatic carbocycles. The lowest BCUT2D eigenvalue weighted by molar-refractivity contribution is 0.0173. The Labute approximate surface area is 76.8 Å². The number of alkyl halides is 2. The quantitative estimate of drug-likeness (QED) is 0.704. The predicted molar refractivity (Wildman–Crippen MR) is 47.8 cm³/mol. The average molecular weight is 185 g/mol. The van der Waals surface area contributed by atoms with Crippen molar-refractivity contribution >= 4 is 0 Å². The highest BCUT2D eigenvalue weighted by atomic mass is 19.3. The zero-order chi connectivity index (χ0) is 9.90. The van der Waals surface area contributed by atoms with E-state index in [0.29, 0.717) is 0 Å². The first-order valence-corrected chi connectivity index (χ1v) is 4.37. The van der Waals surface area contributed by atoms with Crippen LogP contribution in [0.2, 0.25) is 0 Å². The Bertz CT molecular complexity index is 278. The third-order valence-electron chi connectivity index (χ3n) is 1.83. The Morgan fingerprint density at radius 3 is 2.69 bits per heavy atom. The van der Waals surface area contributed by atoms with E-state index in [0.717, 1.165) is 25.5 Å². The fourth-order valence-corrected chi connectivity index (χ4v) is 1.14. The van der Waals surface area contributed by atoms with Crippen LogP contribution in [0.25, 0.3) is 0 Å². The summed E-state index contributed by atoms with van der Waals surface area (Å²) >= 11 is 0. The molecule has 0 saturated carbocycles. The number of hydrogen-bond donors (Lipinski definition) is 0. The number of pyridine rings is 1. The maximum Gasteiger partial charge on any atom is 0.270 e. The monoisotopic (exact) mass is 185 g/mol. The molecule has 72 valence electrons. The molecule has 0 N–H and O–H groups in total. The molecular weight excluding hydrogens is 172 g/mol. The van der Waals surface area contributed by atoms with Gasteiger partial charge in [0.1, 0.15) is 0 Å². The molecule has 1 aromatic rings. The minimum absolute atomic E-state index is 0.0472. The van der Waals surface area contributed by atoms with Crippen LogP contribution in [0.3, 0.4) is 0 Å². The van der Waals surface area contributed by atoms with Crippen molar-refractivity contribution < 1.29 is 8.78 Å². The molecule has 1 heterocycles. The van der Waals surface area contributed by atoms with E-state index < -0.39 is 5.92 Å². The zero-order valence-corrected chi connectivity index (χ0v) is 7.85. The molecule has 1 aromatic heterocycles. The zero-order valence-electron chi connectivity index (χ0n) is 7.85. The Hall–Kier alpha value is -0.990. The average Bonchev–Trinajstić information content (AvgIpc) is 2.04. The summed E-state index contributed by atoms with van der Waals surface area (Å²) in [6, 6.07) is 2.84. The molecule has 3 heteroatoms. The molecule has 0 aliphatic heterocycles. The number of rotatable bonds is 3. The van der Waals surface area contributed by atoms with Crippen molar-refractivity contribution in [1.82, 2.24) is 4.98 Å². The fraction of sp³-hybridized carbons (Fsp3) is 0.500. The van der Waals surface area contributed by atoms with Crippen LogP contribution in [-0.4, -0.2) is 4.98 Å². The van der Waals surface area contributed by atoms with Crippen LogP contribution in [0.1, 0.15) is 31.5 Å². The summed E-state index contributed by atoms with van der Waals surface area (Å²) in [5.74, 6) is -2.76. The molecule has 13 heavy (non-hydrogen) atoms. The SMILES string of the molecule is CCCc1cc(C(C)(F)F)ccn1. The molecule has 0 bridgehead atoms. The summed E-state index contributed by atoms with van der Waals surface area (Å²) in [5, 5.41) is 0. The van der Waals surface area contributed by atoms with E-state index in [1.165, 1.54) is 18.3 Å². The maximum absolute atomic E-state index is 12.8. The summed E-state index contributed by atoms with van der Waals surface area (Å²) < 4.78 is 25.7. The van der Waals surface area contributed by atoms with Gasteiger partial charge in [0.05, 0.1) is 0 Å². The van der Waals surface area contributed by atoms with Gasteiger partial charge in [0.15, 0.2) is 0 Å². The number of hydrogen-bond acceptors (Lipinski definition) is 1. The minimum Gasteiger partial charge on any atom is -0.261 e. The largest absolute Gasteiger partial charge is 0.270 e. The van der Waals surface area contributed by atoms with E-state index in [9.17, 15) is 8.78 Å². The van der Waals surface area contributed by atoms with Gasteiger partial charge >= 0.3 is 0 Å². The lowest BCUT2D eigenvalue weighted by atomic mass is 10.1. The van der Waals surface area contributed by atoms with E-state index >= 15 is 0 Å². The van der Waals surface area contributed by atoms with E-state index in [1.54, 1.807) is 0 Å². The molecule has 0 saturated heterocycles. The third-order valence-corrected chi connectivity index (χ3v) is 1.83. The van der Waals surface area contributed by atoms with Gasteiger partial charge in [-0.15, -0.1) is 0 Å². The van der Waals surface area contributed by atoms with Crippen LogP contribution in [0.15, 0.2) is 18.3 Å². The number of aryl methyl sites for hydroxylation is 1. The van der Waals surface area contributed by atoms with Crippen LogP contribution in [-0.2, 0) is 12.3 Å². The second kappa shape index (κ2) is 3.81. The van der Waals surface area contributed by atoms with Crippen molar-refractivity contribution in [1.29, 1.82) is 0 Å². The standard InChI is InChI=1S/C10H13F2N/c1-3-4-9-7-8(5-6-13-9)10(2,11)12/h5-7H,3-4H2,1-2H3. The van der Waals surface area contributed by atoms with Gasteiger partial charge in [-0.1, -0.05) is 13.3 Å². The van der Waals surface area contributed by atoms with E-state index in [-0.39, 0.29) is 5.56 Å². The van der Waals surface area contributed by atoms with Crippen LogP contribution in [0.4, 0.5) is 8.78 Å². The molecule has 0 radical (unpaired) electrons. The number of halogens is 2. The van der Waals surface area contributed by atoms with Crippen LogP contribution >= 0.6 is 0 Å². The Morgan fingerprint density at radius 1 is 1.46 bits per heavy atom. The molecule has 0 fully saturated rings. The summed E-state index contributed by atoms with van der Waals surface area (Å²) in [7, 11) is 0. The fourth-order valence-electron chi connectivity index (χ4n) is 1.14. The highest BCUT2D eigenvalue weighted by Gasteiger charge is 2.24. The van der Waals surface area contributed by atoms with Gasteiger partial charge < -0.3 is 0 Å². The van der Waals surface area contributed by atoms with E-state index in [4.69, 9.17) is 0 Å². The summed E-state index contributed by atoms with van der Waals surface area (Å²) in [5.41, 5.74) is 0.785. The molecule has 1 nitrogen and oxygen atoms in total. The maximum atomic E-state index is 12.8. The lowest BCUT2D eigenvalue weighted by Gasteiger charge is -2.10. The Kier molecular flexibility index (Phi) is 2.96. The second-order valence-corrected chi connectivity index (χ2v) is 3.17. The lowest BCUT2D eigenvalue weighted by Crippen LogP contribution is -2.07. The molecule has 1 rings (SSSR count). The molecule has 0 unspecified atom stereocenters. The van der Waals surface area contributed by atoms with Crippen molar-refractivity contribution in [2.45, 2.75) is 32.6 Å². The third kappa shape index (κ3) is 2.76. The molecule has 0 aromatic carbocycles. The molecule has 0 amide bonds. The molecule has 0 atom stereocenters. The van der Waals surface area contributed by atoms with Crippen LogP contribution in [0.5, 0.6) is 0 Å². The first-order valence-electron chi connectivity index (χ1n) is 4.37. The van der Waals surface area contributed by atoms with Gasteiger partial charge in [0, 0.05) is 24.4 Å². The molecular formula is C10H13F2N. The topological polar surface area (TPSA) is 12.9 Å². The van der Waals surface area contributed by atoms with Crippen LogP contribution in [0, 0.1) is 0 Å². The number of nitrogens with zero attached hydrogens (tertiary/aromatic N) is 1. The van der Waals surface area contributed by atoms with Gasteiger partial charge in [0.2, 0.25) is 0 Å². The van der Waals surface area contributed by atoms with Crippen molar-refractivity contribution in [2.24, 2.45) is 0 Å². The second-order valence-electron chi connectivity index (χ2n) is 3.17. The first kappa shape index (κ1) is 10.1. The van der Waals surface area contributed by atoms with Gasteiger partial charge in [-0.3, -0.25) is 4.98 Å². The summed E-state index contributed by atoms with van der Waals surface area (Å²) in [4.78, 5) is 4.01. The molecule has 0 aliphatic rings. The Morgan fingerprint density at radius 2 is 2.15 bits per heavy atom. The smallest absolute Gasteiger partial charge is 0.261 e. The van der Waals surface area contributed by atoms with Gasteiger partial charge in [-0.25, -0.2) is 8.78 Å². The normalized spacial score (nSPS) is 11.7. The highest BCUT2D eigenvalue weighted by molar-refractivity contribution is 5.20. The summed E-state index contributed by atoms with van der Waals surface area (Å²) in [6.45, 7) is 2.90. The first-order chi connectivity index (χ1) is 6.04.